The van der Waals surface area contributed by atoms with Crippen molar-refractivity contribution in [1.82, 2.24) is 5.54 Å². The van der Waals surface area contributed by atoms with Gasteiger partial charge in [0.1, 0.15) is 0 Å². The van der Waals surface area contributed by atoms with Crippen LogP contribution in [-0.2, 0) is 11.2 Å². The van der Waals surface area contributed by atoms with E-state index in [0.717, 1.165) is 11.6 Å². The Morgan fingerprint density at radius 2 is 2.00 bits per heavy atom. The number of halogens is 1. The Kier molecular flexibility index (Phi) is 4.52. The van der Waals surface area contributed by atoms with Crippen LogP contribution in [-0.4, -0.2) is 15.9 Å². The fourth-order valence-electron chi connectivity index (χ4n) is 1.78. The summed E-state index contributed by atoms with van der Waals surface area (Å²) in [6.07, 6.45) is -0.300. The van der Waals surface area contributed by atoms with Gasteiger partial charge in [0.15, 0.2) is 11.5 Å². The number of nitro benzene ring substituents is 1. The molecular formula is C14H11FN2O5. The molecule has 2 aromatic rings. The predicted octanol–water partition coefficient (Wildman–Crippen LogP) is 2.64. The number of phenolic OH excluding ortho intramolecular Hbond substituents is 1. The number of hydrogen-bond acceptors (Lipinski definition) is 5. The normalized spacial score (nSPS) is 10.0. The lowest BCUT2D eigenvalue weighted by Gasteiger charge is -2.09. The highest BCUT2D eigenvalue weighted by Crippen LogP contribution is 2.36. The zero-order valence-electron chi connectivity index (χ0n) is 11.2. The van der Waals surface area contributed by atoms with E-state index in [4.69, 9.17) is 4.74 Å². The Balaban J connectivity index is 2.38. The van der Waals surface area contributed by atoms with Gasteiger partial charge in [0.05, 0.1) is 11.3 Å². The lowest BCUT2D eigenvalue weighted by molar-refractivity contribution is -0.385. The summed E-state index contributed by atoms with van der Waals surface area (Å²) in [5, 5.41) is 20.7. The van der Waals surface area contributed by atoms with Gasteiger partial charge in [-0.2, -0.15) is 5.54 Å². The Labute approximate surface area is 124 Å². The number of phenols is 1. The Morgan fingerprint density at radius 3 is 2.64 bits per heavy atom. The molecule has 0 radical (unpaired) electrons. The maximum Gasteiger partial charge on any atom is 0.311 e. The molecule has 7 nitrogen and oxygen atoms in total. The van der Waals surface area contributed by atoms with Crippen molar-refractivity contribution < 1.29 is 24.0 Å². The number of para-hydroxylation sites is 2. The number of carbonyl (C=O) groups is 1. The molecule has 0 atom stereocenters. The molecule has 2 rings (SSSR count). The Bertz CT molecular complexity index is 720. The van der Waals surface area contributed by atoms with E-state index in [0.29, 0.717) is 5.56 Å². The number of carbonyl (C=O) groups excluding carboxylic acids is 1. The first kappa shape index (κ1) is 15.2. The van der Waals surface area contributed by atoms with Crippen molar-refractivity contribution in [2.45, 2.75) is 6.42 Å². The van der Waals surface area contributed by atoms with Crippen LogP contribution in [0.4, 0.5) is 10.2 Å². The summed E-state index contributed by atoms with van der Waals surface area (Å²) < 4.78 is 17.3. The molecule has 22 heavy (non-hydrogen) atoms. The largest absolute Gasteiger partial charge is 0.504 e. The van der Waals surface area contributed by atoms with Gasteiger partial charge >= 0.3 is 5.69 Å². The van der Waals surface area contributed by atoms with E-state index in [-0.39, 0.29) is 29.4 Å². The number of amides is 1. The van der Waals surface area contributed by atoms with Gasteiger partial charge in [0.25, 0.3) is 5.91 Å². The van der Waals surface area contributed by atoms with Gasteiger partial charge in [-0.15, -0.1) is 4.48 Å². The summed E-state index contributed by atoms with van der Waals surface area (Å²) in [5.74, 6) is -1.21. The monoisotopic (exact) mass is 306 g/mol. The Morgan fingerprint density at radius 1 is 1.27 bits per heavy atom. The number of ether oxygens (including phenoxy) is 1. The molecule has 8 heteroatoms. The number of hydrogen-bond donors (Lipinski definition) is 2. The lowest BCUT2D eigenvalue weighted by atomic mass is 10.1. The van der Waals surface area contributed by atoms with Crippen LogP contribution in [0.15, 0.2) is 42.5 Å². The molecule has 0 aliphatic rings. The smallest absolute Gasteiger partial charge is 0.311 e. The zero-order valence-corrected chi connectivity index (χ0v) is 11.2. The van der Waals surface area contributed by atoms with Crippen molar-refractivity contribution in [3.8, 4) is 17.2 Å². The molecule has 0 heterocycles. The summed E-state index contributed by atoms with van der Waals surface area (Å²) in [6, 6.07) is 9.67. The maximum absolute atomic E-state index is 12.0. The SMILES string of the molecule is O=C(Cc1ccc([N+](=O)[O-])c(Oc2ccccc2O)c1)NF. The van der Waals surface area contributed by atoms with Gasteiger partial charge in [-0.05, 0) is 23.8 Å². The summed E-state index contributed by atoms with van der Waals surface area (Å²) in [7, 11) is 0. The molecule has 0 bridgehead atoms. The van der Waals surface area contributed by atoms with Crippen molar-refractivity contribution in [1.29, 1.82) is 0 Å². The zero-order chi connectivity index (χ0) is 16.1. The first-order valence-electron chi connectivity index (χ1n) is 6.14. The molecular weight excluding hydrogens is 295 g/mol. The highest BCUT2D eigenvalue weighted by Gasteiger charge is 2.18. The van der Waals surface area contributed by atoms with E-state index >= 15 is 0 Å². The first-order chi connectivity index (χ1) is 10.5. The van der Waals surface area contributed by atoms with Gasteiger partial charge in [0.2, 0.25) is 5.75 Å². The average Bonchev–Trinajstić information content (AvgIpc) is 2.49. The van der Waals surface area contributed by atoms with Gasteiger partial charge in [-0.1, -0.05) is 18.2 Å². The second kappa shape index (κ2) is 6.53. The van der Waals surface area contributed by atoms with Gasteiger partial charge in [-0.3, -0.25) is 14.9 Å². The first-order valence-corrected chi connectivity index (χ1v) is 6.14. The second-order valence-corrected chi connectivity index (χ2v) is 4.32. The summed E-state index contributed by atoms with van der Waals surface area (Å²) in [5.41, 5.74) is 0.961. The molecule has 0 unspecified atom stereocenters. The number of nitro groups is 1. The van der Waals surface area contributed by atoms with Crippen LogP contribution < -0.4 is 10.3 Å². The van der Waals surface area contributed by atoms with E-state index in [9.17, 15) is 24.5 Å². The van der Waals surface area contributed by atoms with Crippen molar-refractivity contribution in [3.05, 3.63) is 58.1 Å². The van der Waals surface area contributed by atoms with Crippen LogP contribution >= 0.6 is 0 Å². The molecule has 0 fully saturated rings. The Hall–Kier alpha value is -3.16. The third-order valence-electron chi connectivity index (χ3n) is 2.78. The predicted molar refractivity (Wildman–Crippen MR) is 74.2 cm³/mol. The number of nitrogens with zero attached hydrogens (tertiary/aromatic N) is 1. The van der Waals surface area contributed by atoms with E-state index in [1.807, 2.05) is 0 Å². The van der Waals surface area contributed by atoms with Crippen molar-refractivity contribution in [2.75, 3.05) is 0 Å². The van der Waals surface area contributed by atoms with E-state index in [2.05, 4.69) is 0 Å². The minimum atomic E-state index is -0.887. The van der Waals surface area contributed by atoms with E-state index in [1.165, 1.54) is 24.3 Å². The number of aromatic hydroxyl groups is 1. The maximum atomic E-state index is 12.0. The third kappa shape index (κ3) is 3.48. The van der Waals surface area contributed by atoms with Crippen LogP contribution in [0, 0.1) is 10.1 Å². The second-order valence-electron chi connectivity index (χ2n) is 4.32. The molecule has 0 aliphatic heterocycles. The van der Waals surface area contributed by atoms with Crippen LogP contribution in [0.2, 0.25) is 0 Å². The minimum absolute atomic E-state index is 0.0256. The molecule has 1 amide bonds. The van der Waals surface area contributed by atoms with Gasteiger partial charge in [-0.25, -0.2) is 0 Å². The molecule has 2 aromatic carbocycles. The van der Waals surface area contributed by atoms with Crippen LogP contribution in [0.25, 0.3) is 0 Å². The molecule has 0 spiro atoms. The third-order valence-corrected chi connectivity index (χ3v) is 2.78. The van der Waals surface area contributed by atoms with Crippen LogP contribution in [0.1, 0.15) is 5.56 Å². The van der Waals surface area contributed by atoms with E-state index < -0.39 is 10.8 Å². The summed E-state index contributed by atoms with van der Waals surface area (Å²) in [6.45, 7) is 0. The van der Waals surface area contributed by atoms with Gasteiger partial charge < -0.3 is 9.84 Å². The molecule has 2 N–H and O–H groups in total. The molecule has 0 aromatic heterocycles. The highest BCUT2D eigenvalue weighted by atomic mass is 19.2. The minimum Gasteiger partial charge on any atom is -0.504 e. The van der Waals surface area contributed by atoms with E-state index in [1.54, 1.807) is 12.1 Å². The van der Waals surface area contributed by atoms with Crippen molar-refractivity contribution in [3.63, 3.8) is 0 Å². The number of rotatable bonds is 5. The molecule has 0 saturated heterocycles. The van der Waals surface area contributed by atoms with Gasteiger partial charge in [0, 0.05) is 6.07 Å². The van der Waals surface area contributed by atoms with Crippen LogP contribution in [0.5, 0.6) is 17.2 Å². The number of nitrogens with one attached hydrogen (secondary N) is 1. The fourth-order valence-corrected chi connectivity index (χ4v) is 1.78. The number of benzene rings is 2. The molecule has 0 saturated carbocycles. The fraction of sp³-hybridized carbons (Fsp3) is 0.0714. The topological polar surface area (TPSA) is 102 Å². The van der Waals surface area contributed by atoms with Crippen molar-refractivity contribution >= 4 is 11.6 Å². The molecule has 114 valence electrons. The quantitative estimate of drug-likeness (QED) is 0.502. The lowest BCUT2D eigenvalue weighted by Crippen LogP contribution is -2.16. The van der Waals surface area contributed by atoms with Crippen molar-refractivity contribution in [2.24, 2.45) is 0 Å². The standard InChI is InChI=1S/C14H11FN2O5/c15-16-14(19)8-9-5-6-10(17(20)21)13(7-9)22-12-4-2-1-3-11(12)18/h1-7,18H,8H2,(H,16,19). The van der Waals surface area contributed by atoms with Crippen LogP contribution in [0.3, 0.4) is 0 Å². The highest BCUT2D eigenvalue weighted by molar-refractivity contribution is 5.77. The average molecular weight is 306 g/mol. The molecule has 0 aliphatic carbocycles. The summed E-state index contributed by atoms with van der Waals surface area (Å²) in [4.78, 5) is 21.4. The summed E-state index contributed by atoms with van der Waals surface area (Å²) >= 11 is 0.